The van der Waals surface area contributed by atoms with E-state index in [1.165, 1.54) is 31.4 Å². The van der Waals surface area contributed by atoms with Gasteiger partial charge in [-0.1, -0.05) is 0 Å². The summed E-state index contributed by atoms with van der Waals surface area (Å²) in [5.74, 6) is -2.18. The van der Waals surface area contributed by atoms with Gasteiger partial charge in [-0.05, 0) is 24.3 Å². The van der Waals surface area contributed by atoms with Gasteiger partial charge in [0.15, 0.2) is 0 Å². The minimum absolute atomic E-state index is 0.00747. The van der Waals surface area contributed by atoms with Gasteiger partial charge in [0.25, 0.3) is 0 Å². The molecule has 7 nitrogen and oxygen atoms in total. The maximum atomic E-state index is 11.4. The van der Waals surface area contributed by atoms with Crippen molar-refractivity contribution in [3.63, 3.8) is 0 Å². The van der Waals surface area contributed by atoms with E-state index >= 15 is 0 Å². The van der Waals surface area contributed by atoms with Gasteiger partial charge in [0.2, 0.25) is 0 Å². The Bertz CT molecular complexity index is 470. The summed E-state index contributed by atoms with van der Waals surface area (Å²) in [6.07, 6.45) is 0. The van der Waals surface area contributed by atoms with Crippen molar-refractivity contribution >= 4 is 23.5 Å². The fourth-order valence-corrected chi connectivity index (χ4v) is 1.25. The van der Waals surface area contributed by atoms with Crippen LogP contribution in [0.25, 0.3) is 0 Å². The number of nitrogens with one attached hydrogen (secondary N) is 2. The molecule has 1 aromatic rings. The first-order chi connectivity index (χ1) is 9.08. The molecule has 0 unspecified atom stereocenters. The molecule has 19 heavy (non-hydrogen) atoms. The smallest absolute Gasteiger partial charge is 0.337 e. The number of esters is 1. The Morgan fingerprint density at radius 2 is 1.79 bits per heavy atom. The standard InChI is InChI=1S/C12H14N2O5/c1-19-12(18)8-2-4-9(5-3-8)14-11(17)10(16)13-6-7-15/h2-5,15H,6-7H2,1H3,(H,13,16)(H,14,17). The summed E-state index contributed by atoms with van der Waals surface area (Å²) in [7, 11) is 1.27. The lowest BCUT2D eigenvalue weighted by Crippen LogP contribution is -2.36. The predicted molar refractivity (Wildman–Crippen MR) is 66.5 cm³/mol. The van der Waals surface area contributed by atoms with E-state index in [4.69, 9.17) is 5.11 Å². The van der Waals surface area contributed by atoms with Crippen LogP contribution < -0.4 is 10.6 Å². The van der Waals surface area contributed by atoms with Crippen LogP contribution in [0.2, 0.25) is 0 Å². The number of hydrogen-bond acceptors (Lipinski definition) is 5. The summed E-state index contributed by atoms with van der Waals surface area (Å²) in [5, 5.41) is 13.1. The van der Waals surface area contributed by atoms with Crippen molar-refractivity contribution in [1.82, 2.24) is 5.32 Å². The molecule has 0 saturated carbocycles. The number of methoxy groups -OCH3 is 1. The normalized spacial score (nSPS) is 9.58. The van der Waals surface area contributed by atoms with Gasteiger partial charge >= 0.3 is 17.8 Å². The SMILES string of the molecule is COC(=O)c1ccc(NC(=O)C(=O)NCCO)cc1. The van der Waals surface area contributed by atoms with Crippen molar-refractivity contribution < 1.29 is 24.2 Å². The molecule has 102 valence electrons. The van der Waals surface area contributed by atoms with Gasteiger partial charge in [-0.15, -0.1) is 0 Å². The minimum atomic E-state index is -0.848. The van der Waals surface area contributed by atoms with E-state index in [0.717, 1.165) is 0 Å². The largest absolute Gasteiger partial charge is 0.465 e. The average Bonchev–Trinajstić information content (AvgIpc) is 2.44. The lowest BCUT2D eigenvalue weighted by molar-refractivity contribution is -0.136. The highest BCUT2D eigenvalue weighted by Gasteiger charge is 2.13. The van der Waals surface area contributed by atoms with Crippen molar-refractivity contribution in [3.05, 3.63) is 29.8 Å². The summed E-state index contributed by atoms with van der Waals surface area (Å²) in [6.45, 7) is -0.236. The number of rotatable bonds is 4. The van der Waals surface area contributed by atoms with Gasteiger partial charge in [-0.25, -0.2) is 4.79 Å². The molecule has 0 fully saturated rings. The second-order valence-corrected chi connectivity index (χ2v) is 3.50. The number of carbonyl (C=O) groups excluding carboxylic acids is 3. The molecule has 0 saturated heterocycles. The van der Waals surface area contributed by atoms with Crippen LogP contribution in [0.1, 0.15) is 10.4 Å². The van der Waals surface area contributed by atoms with Crippen molar-refractivity contribution in [1.29, 1.82) is 0 Å². The number of anilines is 1. The van der Waals surface area contributed by atoms with Crippen LogP contribution in [0, 0.1) is 0 Å². The minimum Gasteiger partial charge on any atom is -0.465 e. The molecular formula is C12H14N2O5. The number of amides is 2. The molecule has 1 aromatic carbocycles. The van der Waals surface area contributed by atoms with E-state index in [-0.39, 0.29) is 13.2 Å². The third-order valence-corrected chi connectivity index (χ3v) is 2.17. The fraction of sp³-hybridized carbons (Fsp3) is 0.250. The van der Waals surface area contributed by atoms with Crippen LogP contribution in [-0.2, 0) is 14.3 Å². The van der Waals surface area contributed by atoms with E-state index in [0.29, 0.717) is 11.3 Å². The predicted octanol–water partition coefficient (Wildman–Crippen LogP) is -0.480. The summed E-state index contributed by atoms with van der Waals surface area (Å²) >= 11 is 0. The highest BCUT2D eigenvalue weighted by atomic mass is 16.5. The molecule has 0 radical (unpaired) electrons. The van der Waals surface area contributed by atoms with Crippen LogP contribution in [0.3, 0.4) is 0 Å². The Kier molecular flexibility index (Phi) is 5.49. The number of hydrogen-bond donors (Lipinski definition) is 3. The first kappa shape index (κ1) is 14.7. The lowest BCUT2D eigenvalue weighted by atomic mass is 10.2. The second-order valence-electron chi connectivity index (χ2n) is 3.50. The average molecular weight is 266 g/mol. The molecule has 0 aliphatic carbocycles. The van der Waals surface area contributed by atoms with Gasteiger partial charge in [0, 0.05) is 12.2 Å². The number of ether oxygens (including phenoxy) is 1. The van der Waals surface area contributed by atoms with Gasteiger partial charge in [-0.2, -0.15) is 0 Å². The van der Waals surface area contributed by atoms with Crippen molar-refractivity contribution in [2.75, 3.05) is 25.6 Å². The third-order valence-electron chi connectivity index (χ3n) is 2.17. The monoisotopic (exact) mass is 266 g/mol. The van der Waals surface area contributed by atoms with E-state index < -0.39 is 17.8 Å². The zero-order chi connectivity index (χ0) is 14.3. The fourth-order valence-electron chi connectivity index (χ4n) is 1.25. The Balaban J connectivity index is 2.60. The summed E-state index contributed by atoms with van der Waals surface area (Å²) in [5.41, 5.74) is 0.710. The molecule has 0 heterocycles. The Morgan fingerprint density at radius 1 is 1.16 bits per heavy atom. The number of aliphatic hydroxyl groups excluding tert-OH is 1. The van der Waals surface area contributed by atoms with Crippen LogP contribution in [-0.4, -0.2) is 43.2 Å². The first-order valence-corrected chi connectivity index (χ1v) is 5.47. The summed E-state index contributed by atoms with van der Waals surface area (Å²) in [6, 6.07) is 5.88. The second kappa shape index (κ2) is 7.12. The van der Waals surface area contributed by atoms with Crippen LogP contribution >= 0.6 is 0 Å². The van der Waals surface area contributed by atoms with Crippen molar-refractivity contribution in [2.24, 2.45) is 0 Å². The molecule has 0 aliphatic heterocycles. The van der Waals surface area contributed by atoms with Crippen LogP contribution in [0.4, 0.5) is 5.69 Å². The maximum absolute atomic E-state index is 11.4. The molecule has 0 aromatic heterocycles. The summed E-state index contributed by atoms with van der Waals surface area (Å²) < 4.78 is 4.53. The quantitative estimate of drug-likeness (QED) is 0.504. The maximum Gasteiger partial charge on any atom is 0.337 e. The lowest BCUT2D eigenvalue weighted by Gasteiger charge is -2.06. The molecule has 0 bridgehead atoms. The first-order valence-electron chi connectivity index (χ1n) is 5.47. The molecule has 2 amide bonds. The Hall–Kier alpha value is -2.41. The van der Waals surface area contributed by atoms with E-state index in [1.54, 1.807) is 0 Å². The number of carbonyl (C=O) groups is 3. The molecule has 0 aliphatic rings. The van der Waals surface area contributed by atoms with Crippen LogP contribution in [0.5, 0.6) is 0 Å². The van der Waals surface area contributed by atoms with Gasteiger partial charge in [0.05, 0.1) is 19.3 Å². The zero-order valence-electron chi connectivity index (χ0n) is 10.3. The van der Waals surface area contributed by atoms with Crippen molar-refractivity contribution in [2.45, 2.75) is 0 Å². The molecule has 0 atom stereocenters. The highest BCUT2D eigenvalue weighted by Crippen LogP contribution is 2.10. The van der Waals surface area contributed by atoms with Crippen LogP contribution in [0.15, 0.2) is 24.3 Å². The molecule has 0 spiro atoms. The van der Waals surface area contributed by atoms with E-state index in [9.17, 15) is 14.4 Å². The molecular weight excluding hydrogens is 252 g/mol. The zero-order valence-corrected chi connectivity index (χ0v) is 10.3. The Labute approximate surface area is 109 Å². The summed E-state index contributed by atoms with van der Waals surface area (Å²) in [4.78, 5) is 33.8. The van der Waals surface area contributed by atoms with Gasteiger partial charge in [0.1, 0.15) is 0 Å². The molecule has 3 N–H and O–H groups in total. The molecule has 1 rings (SSSR count). The number of aliphatic hydroxyl groups is 1. The highest BCUT2D eigenvalue weighted by molar-refractivity contribution is 6.39. The van der Waals surface area contributed by atoms with E-state index in [2.05, 4.69) is 15.4 Å². The third kappa shape index (κ3) is 4.40. The topological polar surface area (TPSA) is 105 Å². The molecule has 7 heteroatoms. The number of benzene rings is 1. The van der Waals surface area contributed by atoms with Gasteiger partial charge < -0.3 is 20.5 Å². The van der Waals surface area contributed by atoms with E-state index in [1.807, 2.05) is 0 Å². The van der Waals surface area contributed by atoms with Gasteiger partial charge in [-0.3, -0.25) is 9.59 Å². The Morgan fingerprint density at radius 3 is 2.32 bits per heavy atom. The van der Waals surface area contributed by atoms with Crippen molar-refractivity contribution in [3.8, 4) is 0 Å².